The molecule has 4 heteroatoms. The molecule has 0 amide bonds. The number of hydrogen-bond donors (Lipinski definition) is 0. The maximum atomic E-state index is 12.2. The van der Waals surface area contributed by atoms with Crippen molar-refractivity contribution in [3.8, 4) is 11.5 Å². The van der Waals surface area contributed by atoms with E-state index in [0.717, 1.165) is 16.3 Å². The highest BCUT2D eigenvalue weighted by Gasteiger charge is 2.25. The Bertz CT molecular complexity index is 689. The monoisotopic (exact) mass is 286 g/mol. The highest BCUT2D eigenvalue weighted by Crippen LogP contribution is 2.41. The van der Waals surface area contributed by atoms with Crippen LogP contribution in [0, 0.1) is 0 Å². The lowest BCUT2D eigenvalue weighted by Crippen LogP contribution is -2.10. The van der Waals surface area contributed by atoms with E-state index in [4.69, 9.17) is 14.2 Å². The molecule has 0 heterocycles. The SMILES string of the molecule is C=CCc1c(C(=O)OC)c(OC)c2ccccc2c1OC. The molecule has 0 N–H and O–H groups in total. The molecule has 0 fully saturated rings. The number of carbonyl (C=O) groups excluding carboxylic acids is 1. The fourth-order valence-corrected chi connectivity index (χ4v) is 2.53. The summed E-state index contributed by atoms with van der Waals surface area (Å²) in [5, 5.41) is 1.70. The van der Waals surface area contributed by atoms with E-state index in [2.05, 4.69) is 6.58 Å². The summed E-state index contributed by atoms with van der Waals surface area (Å²) in [6.07, 6.45) is 2.20. The van der Waals surface area contributed by atoms with Gasteiger partial charge in [-0.1, -0.05) is 30.3 Å². The number of hydrogen-bond acceptors (Lipinski definition) is 4. The van der Waals surface area contributed by atoms with Gasteiger partial charge in [0.05, 0.1) is 21.3 Å². The molecule has 0 aliphatic carbocycles. The van der Waals surface area contributed by atoms with Crippen molar-refractivity contribution < 1.29 is 19.0 Å². The minimum absolute atomic E-state index is 0.385. The van der Waals surface area contributed by atoms with Gasteiger partial charge in [-0.25, -0.2) is 4.79 Å². The fraction of sp³-hybridized carbons (Fsp3) is 0.235. The molecule has 0 aliphatic heterocycles. The molecule has 0 saturated carbocycles. The number of fused-ring (bicyclic) bond motifs is 1. The molecule has 2 rings (SSSR count). The lowest BCUT2D eigenvalue weighted by molar-refractivity contribution is 0.0596. The Balaban J connectivity index is 2.98. The van der Waals surface area contributed by atoms with Crippen molar-refractivity contribution in [3.05, 3.63) is 48.0 Å². The number of esters is 1. The molecule has 110 valence electrons. The Kier molecular flexibility index (Phi) is 4.48. The highest BCUT2D eigenvalue weighted by molar-refractivity contribution is 6.06. The molecule has 0 radical (unpaired) electrons. The summed E-state index contributed by atoms with van der Waals surface area (Å²) in [7, 11) is 4.47. The smallest absolute Gasteiger partial charge is 0.342 e. The van der Waals surface area contributed by atoms with Gasteiger partial charge in [-0.15, -0.1) is 6.58 Å². The number of carbonyl (C=O) groups is 1. The van der Waals surface area contributed by atoms with Crippen molar-refractivity contribution in [1.82, 2.24) is 0 Å². The van der Waals surface area contributed by atoms with E-state index in [-0.39, 0.29) is 0 Å². The zero-order valence-electron chi connectivity index (χ0n) is 12.4. The van der Waals surface area contributed by atoms with Crippen LogP contribution in [-0.2, 0) is 11.2 Å². The third-order valence-electron chi connectivity index (χ3n) is 3.37. The van der Waals surface area contributed by atoms with Crippen molar-refractivity contribution in [2.45, 2.75) is 6.42 Å². The molecule has 2 aromatic rings. The Hall–Kier alpha value is -2.49. The average Bonchev–Trinajstić information content (AvgIpc) is 2.53. The largest absolute Gasteiger partial charge is 0.496 e. The first-order valence-electron chi connectivity index (χ1n) is 6.54. The summed E-state index contributed by atoms with van der Waals surface area (Å²) in [6.45, 7) is 3.74. The molecule has 0 aromatic heterocycles. The number of benzene rings is 2. The van der Waals surface area contributed by atoms with Gasteiger partial charge in [0, 0.05) is 16.3 Å². The summed E-state index contributed by atoms with van der Waals surface area (Å²) in [5.41, 5.74) is 1.10. The molecule has 0 atom stereocenters. The maximum absolute atomic E-state index is 12.2. The van der Waals surface area contributed by atoms with Crippen LogP contribution in [0.5, 0.6) is 11.5 Å². The first-order chi connectivity index (χ1) is 10.2. The topological polar surface area (TPSA) is 44.8 Å². The highest BCUT2D eigenvalue weighted by atomic mass is 16.5. The van der Waals surface area contributed by atoms with E-state index < -0.39 is 5.97 Å². The first-order valence-corrected chi connectivity index (χ1v) is 6.54. The molecule has 21 heavy (non-hydrogen) atoms. The van der Waals surface area contributed by atoms with Crippen LogP contribution < -0.4 is 9.47 Å². The van der Waals surface area contributed by atoms with Gasteiger partial charge in [0.2, 0.25) is 0 Å². The van der Waals surface area contributed by atoms with E-state index in [1.165, 1.54) is 7.11 Å². The van der Waals surface area contributed by atoms with E-state index in [1.54, 1.807) is 20.3 Å². The molecule has 0 spiro atoms. The molecule has 4 nitrogen and oxygen atoms in total. The van der Waals surface area contributed by atoms with Crippen LogP contribution in [0.15, 0.2) is 36.9 Å². The van der Waals surface area contributed by atoms with E-state index in [1.807, 2.05) is 24.3 Å². The Morgan fingerprint density at radius 3 is 2.14 bits per heavy atom. The lowest BCUT2D eigenvalue weighted by atomic mass is 9.95. The van der Waals surface area contributed by atoms with Gasteiger partial charge >= 0.3 is 5.97 Å². The van der Waals surface area contributed by atoms with E-state index in [9.17, 15) is 4.79 Å². The fourth-order valence-electron chi connectivity index (χ4n) is 2.53. The maximum Gasteiger partial charge on any atom is 0.342 e. The van der Waals surface area contributed by atoms with Gasteiger partial charge in [0.1, 0.15) is 17.1 Å². The zero-order chi connectivity index (χ0) is 15.4. The van der Waals surface area contributed by atoms with Gasteiger partial charge < -0.3 is 14.2 Å². The third-order valence-corrected chi connectivity index (χ3v) is 3.37. The minimum Gasteiger partial charge on any atom is -0.496 e. The van der Waals surface area contributed by atoms with Crippen LogP contribution in [-0.4, -0.2) is 27.3 Å². The predicted molar refractivity (Wildman–Crippen MR) is 82.3 cm³/mol. The van der Waals surface area contributed by atoms with Crippen LogP contribution in [0.1, 0.15) is 15.9 Å². The standard InChI is InChI=1S/C17H18O4/c1-5-8-13-14(17(18)21-4)16(20-3)12-10-7-6-9-11(12)15(13)19-2/h5-7,9-10H,1,8H2,2-4H3. The third kappa shape index (κ3) is 2.44. The van der Waals surface area contributed by atoms with E-state index in [0.29, 0.717) is 23.5 Å². The summed E-state index contributed by atoms with van der Waals surface area (Å²) >= 11 is 0. The summed E-state index contributed by atoms with van der Waals surface area (Å²) in [4.78, 5) is 12.2. The van der Waals surface area contributed by atoms with Crippen LogP contribution in [0.2, 0.25) is 0 Å². The van der Waals surface area contributed by atoms with Gasteiger partial charge in [0.15, 0.2) is 0 Å². The minimum atomic E-state index is -0.451. The quantitative estimate of drug-likeness (QED) is 0.624. The molecular weight excluding hydrogens is 268 g/mol. The Morgan fingerprint density at radius 1 is 1.10 bits per heavy atom. The number of methoxy groups -OCH3 is 3. The van der Waals surface area contributed by atoms with Crippen molar-refractivity contribution in [3.63, 3.8) is 0 Å². The summed E-state index contributed by atoms with van der Waals surface area (Å²) < 4.78 is 15.9. The van der Waals surface area contributed by atoms with Gasteiger partial charge in [-0.05, 0) is 6.42 Å². The molecule has 0 unspecified atom stereocenters. The van der Waals surface area contributed by atoms with Crippen molar-refractivity contribution >= 4 is 16.7 Å². The van der Waals surface area contributed by atoms with E-state index >= 15 is 0 Å². The van der Waals surface area contributed by atoms with Gasteiger partial charge in [-0.2, -0.15) is 0 Å². The second-order valence-corrected chi connectivity index (χ2v) is 4.45. The number of ether oxygens (including phenoxy) is 3. The normalized spacial score (nSPS) is 10.2. The lowest BCUT2D eigenvalue weighted by Gasteiger charge is -2.18. The van der Waals surface area contributed by atoms with Crippen LogP contribution in [0.3, 0.4) is 0 Å². The van der Waals surface area contributed by atoms with Crippen LogP contribution in [0.25, 0.3) is 10.8 Å². The Labute approximate surface area is 123 Å². The van der Waals surface area contributed by atoms with Crippen molar-refractivity contribution in [1.29, 1.82) is 0 Å². The Morgan fingerprint density at radius 2 is 1.67 bits per heavy atom. The van der Waals surface area contributed by atoms with Crippen LogP contribution in [0.4, 0.5) is 0 Å². The first kappa shape index (κ1) is 14.9. The summed E-state index contributed by atoms with van der Waals surface area (Å²) in [6, 6.07) is 7.63. The predicted octanol–water partition coefficient (Wildman–Crippen LogP) is 3.37. The second kappa shape index (κ2) is 6.31. The summed E-state index contributed by atoms with van der Waals surface area (Å²) in [5.74, 6) is 0.689. The average molecular weight is 286 g/mol. The van der Waals surface area contributed by atoms with Crippen molar-refractivity contribution in [2.75, 3.05) is 21.3 Å². The second-order valence-electron chi connectivity index (χ2n) is 4.45. The number of rotatable bonds is 5. The molecule has 0 saturated heterocycles. The number of allylic oxidation sites excluding steroid dienone is 1. The van der Waals surface area contributed by atoms with Crippen LogP contribution >= 0.6 is 0 Å². The zero-order valence-corrected chi connectivity index (χ0v) is 12.4. The molecule has 0 bridgehead atoms. The molecule has 2 aromatic carbocycles. The van der Waals surface area contributed by atoms with Crippen molar-refractivity contribution in [2.24, 2.45) is 0 Å². The molecular formula is C17H18O4. The molecule has 0 aliphatic rings. The van der Waals surface area contributed by atoms with Gasteiger partial charge in [0.25, 0.3) is 0 Å². The van der Waals surface area contributed by atoms with Gasteiger partial charge in [-0.3, -0.25) is 0 Å².